The summed E-state index contributed by atoms with van der Waals surface area (Å²) in [6, 6.07) is 3.70. The van der Waals surface area contributed by atoms with E-state index in [4.69, 9.17) is 5.73 Å². The molecule has 2 N–H and O–H groups in total. The summed E-state index contributed by atoms with van der Waals surface area (Å²) in [5, 5.41) is 10.9. The highest BCUT2D eigenvalue weighted by Gasteiger charge is 2.31. The van der Waals surface area contributed by atoms with Gasteiger partial charge in [-0.25, -0.2) is 4.98 Å². The fourth-order valence-corrected chi connectivity index (χ4v) is 3.16. The molecule has 2 rings (SSSR count). The molecule has 0 bridgehead atoms. The lowest BCUT2D eigenvalue weighted by atomic mass is 10.0. The topological polar surface area (TPSA) is 85.3 Å². The largest absolute Gasteiger partial charge is 0.354 e. The van der Waals surface area contributed by atoms with Crippen molar-refractivity contribution in [3.63, 3.8) is 0 Å². The summed E-state index contributed by atoms with van der Waals surface area (Å²) >= 11 is 0. The van der Waals surface area contributed by atoms with Crippen molar-refractivity contribution < 1.29 is 4.92 Å². The minimum absolute atomic E-state index is 0.0756. The lowest BCUT2D eigenvalue weighted by molar-refractivity contribution is -0.385. The van der Waals surface area contributed by atoms with Crippen LogP contribution in [-0.4, -0.2) is 29.0 Å². The Morgan fingerprint density at radius 3 is 2.80 bits per heavy atom. The molecule has 1 aromatic heterocycles. The SMILES string of the molecule is CCN(c1ccc([N+](=O)[O-])c(C)n1)C1CCCC1CN. The molecule has 1 saturated carbocycles. The number of pyridine rings is 1. The van der Waals surface area contributed by atoms with Gasteiger partial charge < -0.3 is 10.6 Å². The minimum atomic E-state index is -0.388. The third kappa shape index (κ3) is 2.75. The van der Waals surface area contributed by atoms with E-state index in [0.29, 0.717) is 24.2 Å². The first-order valence-electron chi connectivity index (χ1n) is 7.17. The van der Waals surface area contributed by atoms with Crippen LogP contribution in [0.1, 0.15) is 31.9 Å². The van der Waals surface area contributed by atoms with Gasteiger partial charge in [0.25, 0.3) is 5.69 Å². The van der Waals surface area contributed by atoms with Gasteiger partial charge in [0, 0.05) is 18.7 Å². The van der Waals surface area contributed by atoms with E-state index < -0.39 is 0 Å². The van der Waals surface area contributed by atoms with E-state index in [-0.39, 0.29) is 10.6 Å². The Morgan fingerprint density at radius 1 is 1.50 bits per heavy atom. The van der Waals surface area contributed by atoms with Crippen LogP contribution < -0.4 is 10.6 Å². The lowest BCUT2D eigenvalue weighted by Crippen LogP contribution is -2.41. The highest BCUT2D eigenvalue weighted by atomic mass is 16.6. The molecule has 0 aromatic carbocycles. The smallest absolute Gasteiger partial charge is 0.290 e. The molecule has 6 nitrogen and oxygen atoms in total. The number of aryl methyl sites for hydroxylation is 1. The maximum absolute atomic E-state index is 10.9. The number of nitrogens with two attached hydrogens (primary N) is 1. The summed E-state index contributed by atoms with van der Waals surface area (Å²) in [4.78, 5) is 17.1. The normalized spacial score (nSPS) is 21.9. The van der Waals surface area contributed by atoms with Gasteiger partial charge in [-0.2, -0.15) is 0 Å². The number of rotatable bonds is 5. The second kappa shape index (κ2) is 6.17. The highest BCUT2D eigenvalue weighted by Crippen LogP contribution is 2.32. The average Bonchev–Trinajstić information content (AvgIpc) is 2.87. The summed E-state index contributed by atoms with van der Waals surface area (Å²) in [5.74, 6) is 1.31. The first-order chi connectivity index (χ1) is 9.58. The van der Waals surface area contributed by atoms with E-state index in [2.05, 4.69) is 16.8 Å². The van der Waals surface area contributed by atoms with Crippen molar-refractivity contribution in [2.45, 2.75) is 39.2 Å². The zero-order valence-corrected chi connectivity index (χ0v) is 12.1. The zero-order chi connectivity index (χ0) is 14.7. The van der Waals surface area contributed by atoms with Crippen molar-refractivity contribution in [3.05, 3.63) is 27.9 Å². The second-order valence-corrected chi connectivity index (χ2v) is 5.31. The van der Waals surface area contributed by atoms with Crippen molar-refractivity contribution >= 4 is 11.5 Å². The number of nitro groups is 1. The van der Waals surface area contributed by atoms with Gasteiger partial charge in [-0.05, 0) is 45.2 Å². The highest BCUT2D eigenvalue weighted by molar-refractivity contribution is 5.47. The fraction of sp³-hybridized carbons (Fsp3) is 0.643. The van der Waals surface area contributed by atoms with Crippen molar-refractivity contribution in [1.29, 1.82) is 0 Å². The minimum Gasteiger partial charge on any atom is -0.354 e. The third-order valence-electron chi connectivity index (χ3n) is 4.20. The number of hydrogen-bond acceptors (Lipinski definition) is 5. The van der Waals surface area contributed by atoms with Crippen LogP contribution in [-0.2, 0) is 0 Å². The Labute approximate surface area is 119 Å². The number of anilines is 1. The van der Waals surface area contributed by atoms with Gasteiger partial charge in [0.2, 0.25) is 0 Å². The zero-order valence-electron chi connectivity index (χ0n) is 12.1. The second-order valence-electron chi connectivity index (χ2n) is 5.31. The molecule has 0 saturated heterocycles. The Bertz CT molecular complexity index is 492. The maximum Gasteiger partial charge on any atom is 0.290 e. The van der Waals surface area contributed by atoms with E-state index in [1.165, 1.54) is 6.42 Å². The molecule has 1 aliphatic rings. The first-order valence-corrected chi connectivity index (χ1v) is 7.17. The molecule has 1 aromatic rings. The fourth-order valence-electron chi connectivity index (χ4n) is 3.16. The molecule has 0 amide bonds. The summed E-state index contributed by atoms with van der Waals surface area (Å²) in [6.45, 7) is 5.30. The molecule has 0 aliphatic heterocycles. The average molecular weight is 278 g/mol. The van der Waals surface area contributed by atoms with Crippen LogP contribution in [0.15, 0.2) is 12.1 Å². The molecule has 6 heteroatoms. The van der Waals surface area contributed by atoms with Crippen molar-refractivity contribution in [1.82, 2.24) is 4.98 Å². The van der Waals surface area contributed by atoms with Crippen LogP contribution >= 0.6 is 0 Å². The van der Waals surface area contributed by atoms with Gasteiger partial charge in [-0.1, -0.05) is 6.42 Å². The number of nitrogens with zero attached hydrogens (tertiary/aromatic N) is 3. The standard InChI is InChI=1S/C14H22N4O2/c1-3-17(13-6-4-5-11(13)9-15)14-8-7-12(18(19)20)10(2)16-14/h7-8,11,13H,3-6,9,15H2,1-2H3. The molecule has 1 aliphatic carbocycles. The van der Waals surface area contributed by atoms with E-state index in [0.717, 1.165) is 25.2 Å². The van der Waals surface area contributed by atoms with Gasteiger partial charge in [0.05, 0.1) is 4.92 Å². The Morgan fingerprint density at radius 2 is 2.25 bits per heavy atom. The van der Waals surface area contributed by atoms with Crippen LogP contribution in [0.2, 0.25) is 0 Å². The summed E-state index contributed by atoms with van der Waals surface area (Å²) < 4.78 is 0. The third-order valence-corrected chi connectivity index (χ3v) is 4.20. The van der Waals surface area contributed by atoms with E-state index in [1.807, 2.05) is 0 Å². The Balaban J connectivity index is 2.28. The van der Waals surface area contributed by atoms with Gasteiger partial charge in [0.15, 0.2) is 0 Å². The summed E-state index contributed by atoms with van der Waals surface area (Å²) in [6.07, 6.45) is 3.46. The molecule has 0 spiro atoms. The number of hydrogen-bond donors (Lipinski definition) is 1. The summed E-state index contributed by atoms with van der Waals surface area (Å²) in [5.41, 5.74) is 6.39. The Kier molecular flexibility index (Phi) is 4.54. The predicted molar refractivity (Wildman–Crippen MR) is 78.8 cm³/mol. The molecular formula is C14H22N4O2. The van der Waals surface area contributed by atoms with Crippen LogP contribution in [0.25, 0.3) is 0 Å². The molecule has 1 fully saturated rings. The van der Waals surface area contributed by atoms with Crippen molar-refractivity contribution in [2.75, 3.05) is 18.0 Å². The molecule has 2 atom stereocenters. The van der Waals surface area contributed by atoms with Gasteiger partial charge in [-0.3, -0.25) is 10.1 Å². The quantitative estimate of drug-likeness (QED) is 0.659. The number of aromatic nitrogens is 1. The van der Waals surface area contributed by atoms with Crippen molar-refractivity contribution in [2.24, 2.45) is 11.7 Å². The molecule has 110 valence electrons. The monoisotopic (exact) mass is 278 g/mol. The van der Waals surface area contributed by atoms with Crippen LogP contribution in [0.3, 0.4) is 0 Å². The maximum atomic E-state index is 10.9. The van der Waals surface area contributed by atoms with Crippen LogP contribution in [0.5, 0.6) is 0 Å². The van der Waals surface area contributed by atoms with Gasteiger partial charge >= 0.3 is 0 Å². The van der Waals surface area contributed by atoms with E-state index in [9.17, 15) is 10.1 Å². The van der Waals surface area contributed by atoms with Gasteiger partial charge in [0.1, 0.15) is 11.5 Å². The van der Waals surface area contributed by atoms with Crippen molar-refractivity contribution in [3.8, 4) is 0 Å². The lowest BCUT2D eigenvalue weighted by Gasteiger charge is -2.33. The van der Waals surface area contributed by atoms with Crippen LogP contribution in [0, 0.1) is 23.0 Å². The Hall–Kier alpha value is -1.69. The van der Waals surface area contributed by atoms with E-state index >= 15 is 0 Å². The molecule has 0 radical (unpaired) electrons. The first kappa shape index (κ1) is 14.7. The molecule has 1 heterocycles. The predicted octanol–water partition coefficient (Wildman–Crippen LogP) is 2.25. The molecule has 20 heavy (non-hydrogen) atoms. The molecular weight excluding hydrogens is 256 g/mol. The van der Waals surface area contributed by atoms with Crippen LogP contribution in [0.4, 0.5) is 11.5 Å². The van der Waals surface area contributed by atoms with Gasteiger partial charge in [-0.15, -0.1) is 0 Å². The molecule has 2 unspecified atom stereocenters. The summed E-state index contributed by atoms with van der Waals surface area (Å²) in [7, 11) is 0. The van der Waals surface area contributed by atoms with E-state index in [1.54, 1.807) is 19.1 Å².